The van der Waals surface area contributed by atoms with Crippen LogP contribution in [-0.4, -0.2) is 15.8 Å². The first kappa shape index (κ1) is 14.1. The number of nitrogens with one attached hydrogen (secondary N) is 1. The van der Waals surface area contributed by atoms with Crippen LogP contribution in [0.25, 0.3) is 5.69 Å². The van der Waals surface area contributed by atoms with Gasteiger partial charge in [0.05, 0.1) is 17.4 Å². The number of hydrogen-bond acceptors (Lipinski definition) is 2. The molecule has 3 nitrogen and oxygen atoms in total. The maximum absolute atomic E-state index is 13.3. The highest BCUT2D eigenvalue weighted by atomic mass is 19.4. The summed E-state index contributed by atoms with van der Waals surface area (Å²) >= 11 is 0. The van der Waals surface area contributed by atoms with Gasteiger partial charge in [0.25, 0.3) is 0 Å². The molecule has 1 N–H and O–H groups in total. The maximum Gasteiger partial charge on any atom is 0.418 e. The van der Waals surface area contributed by atoms with Gasteiger partial charge in [-0.15, -0.1) is 0 Å². The van der Waals surface area contributed by atoms with Gasteiger partial charge in [-0.05, 0) is 43.0 Å². The summed E-state index contributed by atoms with van der Waals surface area (Å²) in [6, 6.07) is 4.88. The Kier molecular flexibility index (Phi) is 3.49. The monoisotopic (exact) mass is 295 g/mol. The van der Waals surface area contributed by atoms with Crippen LogP contribution >= 0.6 is 0 Å². The Balaban J connectivity index is 1.94. The fourth-order valence-corrected chi connectivity index (χ4v) is 2.21. The minimum atomic E-state index is -4.40. The molecule has 1 aliphatic rings. The van der Waals surface area contributed by atoms with Crippen molar-refractivity contribution in [3.63, 3.8) is 0 Å². The molecule has 0 saturated heterocycles. The fourth-order valence-electron chi connectivity index (χ4n) is 2.21. The minimum absolute atomic E-state index is 0.0609. The second-order valence-corrected chi connectivity index (χ2v) is 5.47. The van der Waals surface area contributed by atoms with Crippen molar-refractivity contribution in [1.82, 2.24) is 15.1 Å². The highest BCUT2D eigenvalue weighted by Gasteiger charge is 2.34. The molecule has 0 spiro atoms. The summed E-state index contributed by atoms with van der Waals surface area (Å²) < 4.78 is 41.1. The van der Waals surface area contributed by atoms with E-state index in [0.29, 0.717) is 18.2 Å². The maximum atomic E-state index is 13.3. The van der Waals surface area contributed by atoms with Crippen LogP contribution in [0.3, 0.4) is 0 Å². The highest BCUT2D eigenvalue weighted by molar-refractivity contribution is 5.45. The van der Waals surface area contributed by atoms with Crippen molar-refractivity contribution >= 4 is 0 Å². The molecule has 0 atom stereocenters. The summed E-state index contributed by atoms with van der Waals surface area (Å²) in [7, 11) is 0. The SMILES string of the molecule is Cc1cnn(-c2ccc(CNC3CC3)cc2C(F)(F)F)c1. The van der Waals surface area contributed by atoms with E-state index in [4.69, 9.17) is 0 Å². The molecule has 6 heteroatoms. The van der Waals surface area contributed by atoms with E-state index in [1.165, 1.54) is 16.8 Å². The number of benzene rings is 1. The summed E-state index contributed by atoms with van der Waals surface area (Å²) in [6.07, 6.45) is 0.952. The van der Waals surface area contributed by atoms with Gasteiger partial charge in [-0.25, -0.2) is 4.68 Å². The Bertz CT molecular complexity index is 642. The van der Waals surface area contributed by atoms with E-state index < -0.39 is 11.7 Å². The van der Waals surface area contributed by atoms with E-state index >= 15 is 0 Å². The second kappa shape index (κ2) is 5.18. The van der Waals surface area contributed by atoms with Gasteiger partial charge in [-0.1, -0.05) is 6.07 Å². The van der Waals surface area contributed by atoms with Crippen molar-refractivity contribution in [3.8, 4) is 5.69 Å². The molecule has 2 aromatic rings. The molecule has 1 heterocycles. The lowest BCUT2D eigenvalue weighted by Crippen LogP contribution is -2.17. The lowest BCUT2D eigenvalue weighted by molar-refractivity contribution is -0.137. The topological polar surface area (TPSA) is 29.9 Å². The molecule has 0 amide bonds. The molecule has 1 aromatic heterocycles. The zero-order valence-electron chi connectivity index (χ0n) is 11.6. The Morgan fingerprint density at radius 2 is 2.10 bits per heavy atom. The molecular formula is C15H16F3N3. The number of rotatable bonds is 4. The van der Waals surface area contributed by atoms with Crippen molar-refractivity contribution in [2.75, 3.05) is 0 Å². The number of aromatic nitrogens is 2. The summed E-state index contributed by atoms with van der Waals surface area (Å²) in [4.78, 5) is 0. The Morgan fingerprint density at radius 3 is 2.67 bits per heavy atom. The van der Waals surface area contributed by atoms with Gasteiger partial charge in [0.1, 0.15) is 0 Å². The van der Waals surface area contributed by atoms with Gasteiger partial charge in [0.15, 0.2) is 0 Å². The molecule has 1 fully saturated rings. The Labute approximate surface area is 120 Å². The zero-order chi connectivity index (χ0) is 15.0. The number of nitrogens with zero attached hydrogens (tertiary/aromatic N) is 2. The number of alkyl halides is 3. The lowest BCUT2D eigenvalue weighted by Gasteiger charge is -2.15. The number of hydrogen-bond donors (Lipinski definition) is 1. The van der Waals surface area contributed by atoms with Crippen molar-refractivity contribution < 1.29 is 13.2 Å². The zero-order valence-corrected chi connectivity index (χ0v) is 11.6. The van der Waals surface area contributed by atoms with Crippen LogP contribution in [0.5, 0.6) is 0 Å². The highest BCUT2D eigenvalue weighted by Crippen LogP contribution is 2.34. The van der Waals surface area contributed by atoms with Gasteiger partial charge in [0, 0.05) is 18.8 Å². The quantitative estimate of drug-likeness (QED) is 0.936. The molecular weight excluding hydrogens is 279 g/mol. The van der Waals surface area contributed by atoms with Crippen molar-refractivity contribution in [2.45, 2.75) is 38.5 Å². The fraction of sp³-hybridized carbons (Fsp3) is 0.400. The Hall–Kier alpha value is -1.82. The molecule has 0 unspecified atom stereocenters. The summed E-state index contributed by atoms with van der Waals surface area (Å²) in [6.45, 7) is 2.26. The molecule has 1 aliphatic carbocycles. The summed E-state index contributed by atoms with van der Waals surface area (Å²) in [5.41, 5.74) is 0.871. The van der Waals surface area contributed by atoms with Crippen molar-refractivity contribution in [3.05, 3.63) is 47.3 Å². The molecule has 1 aromatic carbocycles. The third-order valence-electron chi connectivity index (χ3n) is 3.50. The third-order valence-corrected chi connectivity index (χ3v) is 3.50. The van der Waals surface area contributed by atoms with E-state index in [-0.39, 0.29) is 5.69 Å². The predicted molar refractivity (Wildman–Crippen MR) is 73.2 cm³/mol. The lowest BCUT2D eigenvalue weighted by atomic mass is 10.1. The molecule has 0 aliphatic heterocycles. The molecule has 0 radical (unpaired) electrons. The Morgan fingerprint density at radius 1 is 1.33 bits per heavy atom. The van der Waals surface area contributed by atoms with Gasteiger partial charge < -0.3 is 5.32 Å². The van der Waals surface area contributed by atoms with Crippen LogP contribution in [0.15, 0.2) is 30.6 Å². The third kappa shape index (κ3) is 3.26. The van der Waals surface area contributed by atoms with Crippen LogP contribution in [-0.2, 0) is 12.7 Å². The first-order valence-corrected chi connectivity index (χ1v) is 6.88. The average molecular weight is 295 g/mol. The van der Waals surface area contributed by atoms with Crippen molar-refractivity contribution in [2.24, 2.45) is 0 Å². The van der Waals surface area contributed by atoms with E-state index in [2.05, 4.69) is 10.4 Å². The standard InChI is InChI=1S/C15H16F3N3/c1-10-7-20-21(9-10)14-5-2-11(8-19-12-3-4-12)6-13(14)15(16,17)18/h2,5-7,9,12,19H,3-4,8H2,1H3. The number of halogens is 3. The van der Waals surface area contributed by atoms with Crippen LogP contribution in [0.4, 0.5) is 13.2 Å². The first-order valence-electron chi connectivity index (χ1n) is 6.88. The molecule has 3 rings (SSSR count). The number of aryl methyl sites for hydroxylation is 1. The van der Waals surface area contributed by atoms with Gasteiger partial charge in [0.2, 0.25) is 0 Å². The van der Waals surface area contributed by atoms with Gasteiger partial charge in [-0.3, -0.25) is 0 Å². The van der Waals surface area contributed by atoms with Crippen LogP contribution in [0, 0.1) is 6.92 Å². The van der Waals surface area contributed by atoms with Crippen LogP contribution in [0.1, 0.15) is 29.5 Å². The van der Waals surface area contributed by atoms with Gasteiger partial charge >= 0.3 is 6.18 Å². The molecule has 1 saturated carbocycles. The summed E-state index contributed by atoms with van der Waals surface area (Å²) in [5.74, 6) is 0. The minimum Gasteiger partial charge on any atom is -0.310 e. The predicted octanol–water partition coefficient (Wildman–Crippen LogP) is 3.45. The molecule has 21 heavy (non-hydrogen) atoms. The smallest absolute Gasteiger partial charge is 0.310 e. The van der Waals surface area contributed by atoms with Gasteiger partial charge in [-0.2, -0.15) is 18.3 Å². The van der Waals surface area contributed by atoms with E-state index in [1.54, 1.807) is 25.4 Å². The van der Waals surface area contributed by atoms with E-state index in [1.807, 2.05) is 0 Å². The van der Waals surface area contributed by atoms with Crippen LogP contribution in [0.2, 0.25) is 0 Å². The second-order valence-electron chi connectivity index (χ2n) is 5.47. The van der Waals surface area contributed by atoms with E-state index in [9.17, 15) is 13.2 Å². The largest absolute Gasteiger partial charge is 0.418 e. The molecule has 112 valence electrons. The normalized spacial score (nSPS) is 15.4. The summed E-state index contributed by atoms with van der Waals surface area (Å²) in [5, 5.41) is 7.20. The average Bonchev–Trinajstić information content (AvgIpc) is 3.16. The van der Waals surface area contributed by atoms with Crippen LogP contribution < -0.4 is 5.32 Å². The van der Waals surface area contributed by atoms with E-state index in [0.717, 1.165) is 18.4 Å². The van der Waals surface area contributed by atoms with Crippen molar-refractivity contribution in [1.29, 1.82) is 0 Å². The first-order chi connectivity index (χ1) is 9.93. The molecule has 0 bridgehead atoms.